The Kier molecular flexibility index (Phi) is 4.85. The van der Waals surface area contributed by atoms with Gasteiger partial charge in [-0.1, -0.05) is 0 Å². The molecule has 0 unspecified atom stereocenters. The van der Waals surface area contributed by atoms with E-state index >= 15 is 0 Å². The van der Waals surface area contributed by atoms with E-state index < -0.39 is 17.9 Å². The van der Waals surface area contributed by atoms with Gasteiger partial charge >= 0.3 is 5.97 Å². The van der Waals surface area contributed by atoms with Gasteiger partial charge < -0.3 is 21.3 Å². The first-order chi connectivity index (χ1) is 8.02. The summed E-state index contributed by atoms with van der Waals surface area (Å²) >= 11 is 1.21. The third-order valence-corrected chi connectivity index (χ3v) is 2.68. The number of nitrogens with two attached hydrogens (primary N) is 1. The van der Waals surface area contributed by atoms with Gasteiger partial charge in [0.2, 0.25) is 5.91 Å². The molecule has 5 N–H and O–H groups in total. The number of hydrogen-bond acceptors (Lipinski definition) is 6. The predicted molar refractivity (Wildman–Crippen MR) is 61.5 cm³/mol. The van der Waals surface area contributed by atoms with Crippen LogP contribution in [0.1, 0.15) is 12.1 Å². The van der Waals surface area contributed by atoms with Crippen LogP contribution in [0.25, 0.3) is 0 Å². The molecule has 1 amide bonds. The number of thiazole rings is 1. The van der Waals surface area contributed by atoms with Crippen molar-refractivity contribution in [2.45, 2.75) is 18.9 Å². The third kappa shape index (κ3) is 4.37. The van der Waals surface area contributed by atoms with E-state index in [9.17, 15) is 9.59 Å². The van der Waals surface area contributed by atoms with E-state index in [2.05, 4.69) is 10.3 Å². The fourth-order valence-corrected chi connectivity index (χ4v) is 1.76. The molecule has 0 saturated carbocycles. The number of hydrogen-bond donors (Lipinski definition) is 4. The number of aliphatic hydroxyl groups is 1. The Morgan fingerprint density at radius 1 is 1.59 bits per heavy atom. The van der Waals surface area contributed by atoms with Crippen LogP contribution in [0.3, 0.4) is 0 Å². The molecule has 17 heavy (non-hydrogen) atoms. The largest absolute Gasteiger partial charge is 0.480 e. The smallest absolute Gasteiger partial charge is 0.326 e. The van der Waals surface area contributed by atoms with Crippen LogP contribution in [-0.2, 0) is 16.0 Å². The number of nitrogens with one attached hydrogen (secondary N) is 1. The van der Waals surface area contributed by atoms with Gasteiger partial charge in [0.15, 0.2) is 5.13 Å². The topological polar surface area (TPSA) is 126 Å². The lowest BCUT2D eigenvalue weighted by Gasteiger charge is -2.12. The van der Waals surface area contributed by atoms with E-state index in [-0.39, 0.29) is 19.4 Å². The lowest BCUT2D eigenvalue weighted by atomic mass is 10.2. The summed E-state index contributed by atoms with van der Waals surface area (Å²) < 4.78 is 0. The number of aromatic nitrogens is 1. The monoisotopic (exact) mass is 259 g/mol. The molecule has 0 spiro atoms. The number of rotatable bonds is 6. The molecule has 0 radical (unpaired) electrons. The van der Waals surface area contributed by atoms with Gasteiger partial charge in [0.25, 0.3) is 0 Å². The minimum atomic E-state index is -1.18. The van der Waals surface area contributed by atoms with E-state index in [0.29, 0.717) is 10.8 Å². The van der Waals surface area contributed by atoms with E-state index in [1.54, 1.807) is 5.38 Å². The zero-order valence-corrected chi connectivity index (χ0v) is 9.74. The lowest BCUT2D eigenvalue weighted by Crippen LogP contribution is -2.42. The number of carboxylic acids is 1. The number of nitrogens with zero attached hydrogens (tertiary/aromatic N) is 1. The van der Waals surface area contributed by atoms with E-state index in [4.69, 9.17) is 15.9 Å². The predicted octanol–water partition coefficient (Wildman–Crippen LogP) is -0.780. The van der Waals surface area contributed by atoms with Gasteiger partial charge in [-0.15, -0.1) is 11.3 Å². The highest BCUT2D eigenvalue weighted by Crippen LogP contribution is 2.11. The molecule has 0 saturated heterocycles. The van der Waals surface area contributed by atoms with Crippen molar-refractivity contribution in [3.05, 3.63) is 11.1 Å². The van der Waals surface area contributed by atoms with E-state index in [1.165, 1.54) is 11.3 Å². The van der Waals surface area contributed by atoms with Crippen LogP contribution in [-0.4, -0.2) is 39.7 Å². The van der Waals surface area contributed by atoms with Crippen LogP contribution in [0.4, 0.5) is 5.13 Å². The Morgan fingerprint density at radius 2 is 2.29 bits per heavy atom. The van der Waals surface area contributed by atoms with Gasteiger partial charge in [0.1, 0.15) is 6.04 Å². The van der Waals surface area contributed by atoms with Gasteiger partial charge in [-0.25, -0.2) is 9.78 Å². The Bertz CT molecular complexity index is 407. The molecule has 0 fully saturated rings. The van der Waals surface area contributed by atoms with Crippen molar-refractivity contribution in [1.82, 2.24) is 10.3 Å². The Labute approximate surface area is 101 Å². The molecule has 1 rings (SSSR count). The van der Waals surface area contributed by atoms with Crippen molar-refractivity contribution in [2.24, 2.45) is 0 Å². The molecule has 1 aromatic rings. The molecule has 7 nitrogen and oxygen atoms in total. The normalized spacial score (nSPS) is 12.1. The summed E-state index contributed by atoms with van der Waals surface area (Å²) in [6.45, 7) is -0.305. The molecule has 94 valence electrons. The van der Waals surface area contributed by atoms with Crippen LogP contribution in [0, 0.1) is 0 Å². The lowest BCUT2D eigenvalue weighted by molar-refractivity contribution is -0.142. The van der Waals surface area contributed by atoms with Gasteiger partial charge in [0, 0.05) is 18.4 Å². The second-order valence-corrected chi connectivity index (χ2v) is 4.21. The van der Waals surface area contributed by atoms with Crippen LogP contribution in [0.2, 0.25) is 0 Å². The number of aliphatic hydroxyl groups excluding tert-OH is 1. The minimum Gasteiger partial charge on any atom is -0.480 e. The first-order valence-electron chi connectivity index (χ1n) is 4.86. The Balaban J connectivity index is 2.50. The SMILES string of the molecule is Nc1nc(CC(=O)N[C@@H](CCO)C(=O)O)cs1. The molecule has 0 bridgehead atoms. The number of carbonyl (C=O) groups is 2. The number of carboxylic acid groups (broad SMARTS) is 1. The van der Waals surface area contributed by atoms with E-state index in [1.807, 2.05) is 0 Å². The van der Waals surface area contributed by atoms with Crippen LogP contribution >= 0.6 is 11.3 Å². The van der Waals surface area contributed by atoms with Crippen LogP contribution < -0.4 is 11.1 Å². The standard InChI is InChI=1S/C9H13N3O4S/c10-9-11-5(4-17-9)3-7(14)12-6(1-2-13)8(15)16/h4,6,13H,1-3H2,(H2,10,11)(H,12,14)(H,15,16)/t6-/m0/s1. The van der Waals surface area contributed by atoms with Crippen molar-refractivity contribution in [2.75, 3.05) is 12.3 Å². The summed E-state index contributed by atoms with van der Waals surface area (Å²) in [6.07, 6.45) is -0.0524. The highest BCUT2D eigenvalue weighted by atomic mass is 32.1. The Hall–Kier alpha value is -1.67. The molecule has 0 aliphatic heterocycles. The number of anilines is 1. The van der Waals surface area contributed by atoms with E-state index in [0.717, 1.165) is 0 Å². The van der Waals surface area contributed by atoms with Crippen molar-refractivity contribution in [3.63, 3.8) is 0 Å². The summed E-state index contributed by atoms with van der Waals surface area (Å²) in [7, 11) is 0. The number of nitrogen functional groups attached to an aromatic ring is 1. The molecule has 1 aromatic heterocycles. The first-order valence-corrected chi connectivity index (χ1v) is 5.73. The number of carbonyl (C=O) groups excluding carboxylic acids is 1. The van der Waals surface area contributed by atoms with Crippen molar-refractivity contribution < 1.29 is 19.8 Å². The third-order valence-electron chi connectivity index (χ3n) is 1.96. The first kappa shape index (κ1) is 13.4. The maximum Gasteiger partial charge on any atom is 0.326 e. The second-order valence-electron chi connectivity index (χ2n) is 3.32. The van der Waals surface area contributed by atoms with Crippen molar-refractivity contribution >= 4 is 28.3 Å². The summed E-state index contributed by atoms with van der Waals surface area (Å²) in [4.78, 5) is 26.1. The molecular formula is C9H13N3O4S. The molecule has 1 heterocycles. The fourth-order valence-electron chi connectivity index (χ4n) is 1.20. The summed E-state index contributed by atoms with van der Waals surface area (Å²) in [5.41, 5.74) is 5.90. The van der Waals surface area contributed by atoms with Gasteiger partial charge in [-0.2, -0.15) is 0 Å². The molecule has 8 heteroatoms. The number of amides is 1. The maximum atomic E-state index is 11.5. The zero-order valence-electron chi connectivity index (χ0n) is 8.92. The van der Waals surface area contributed by atoms with Gasteiger partial charge in [0.05, 0.1) is 12.1 Å². The average molecular weight is 259 g/mol. The molecule has 0 aromatic carbocycles. The Morgan fingerprint density at radius 3 is 2.76 bits per heavy atom. The fraction of sp³-hybridized carbons (Fsp3) is 0.444. The maximum absolute atomic E-state index is 11.5. The molecule has 0 aliphatic rings. The van der Waals surface area contributed by atoms with Crippen LogP contribution in [0.5, 0.6) is 0 Å². The van der Waals surface area contributed by atoms with Crippen molar-refractivity contribution in [1.29, 1.82) is 0 Å². The minimum absolute atomic E-state index is 0.0249. The highest BCUT2D eigenvalue weighted by molar-refractivity contribution is 7.13. The van der Waals surface area contributed by atoms with Gasteiger partial charge in [-0.05, 0) is 0 Å². The highest BCUT2D eigenvalue weighted by Gasteiger charge is 2.19. The molecule has 0 aliphatic carbocycles. The zero-order chi connectivity index (χ0) is 12.8. The second kappa shape index (κ2) is 6.16. The molecule has 1 atom stereocenters. The summed E-state index contributed by atoms with van der Waals surface area (Å²) in [5, 5.41) is 21.7. The van der Waals surface area contributed by atoms with Crippen molar-refractivity contribution in [3.8, 4) is 0 Å². The average Bonchev–Trinajstić information content (AvgIpc) is 2.63. The summed E-state index contributed by atoms with van der Waals surface area (Å²) in [5.74, 6) is -1.64. The quantitative estimate of drug-likeness (QED) is 0.531. The van der Waals surface area contributed by atoms with Gasteiger partial charge in [-0.3, -0.25) is 4.79 Å². The number of aliphatic carboxylic acids is 1. The molecular weight excluding hydrogens is 246 g/mol. The van der Waals surface area contributed by atoms with Crippen LogP contribution in [0.15, 0.2) is 5.38 Å². The summed E-state index contributed by atoms with van der Waals surface area (Å²) in [6, 6.07) is -1.08.